The molecule has 33 heavy (non-hydrogen) atoms. The molecule has 1 aliphatic carbocycles. The first-order valence-electron chi connectivity index (χ1n) is 11.9. The predicted octanol–water partition coefficient (Wildman–Crippen LogP) is 6.61. The first kappa shape index (κ1) is 23.4. The summed E-state index contributed by atoms with van der Waals surface area (Å²) in [6.45, 7) is 5.60. The highest BCUT2D eigenvalue weighted by atomic mass is 32.2. The van der Waals surface area contributed by atoms with Gasteiger partial charge in [-0.15, -0.1) is 0 Å². The Morgan fingerprint density at radius 2 is 1.45 bits per heavy atom. The second-order valence-electron chi connectivity index (χ2n) is 8.56. The molecule has 0 radical (unpaired) electrons. The molecule has 0 aromatic heterocycles. The predicted molar refractivity (Wildman–Crippen MR) is 135 cm³/mol. The van der Waals surface area contributed by atoms with Crippen LogP contribution >= 0.6 is 0 Å². The number of ether oxygens (including phenoxy) is 2. The average molecular weight is 465 g/mol. The molecule has 4 nitrogen and oxygen atoms in total. The van der Waals surface area contributed by atoms with Gasteiger partial charge in [0.25, 0.3) is 0 Å². The summed E-state index contributed by atoms with van der Waals surface area (Å²) in [5.74, 6) is 1.53. The van der Waals surface area contributed by atoms with Gasteiger partial charge in [0.1, 0.15) is 0 Å². The van der Waals surface area contributed by atoms with Crippen LogP contribution in [-0.4, -0.2) is 26.9 Å². The third kappa shape index (κ3) is 5.25. The summed E-state index contributed by atoms with van der Waals surface area (Å²) < 4.78 is 38.4. The molecule has 0 fully saturated rings. The van der Waals surface area contributed by atoms with Crippen molar-refractivity contribution >= 4 is 26.7 Å². The lowest BCUT2D eigenvalue weighted by Gasteiger charge is -2.21. The third-order valence-corrected chi connectivity index (χ3v) is 8.10. The lowest BCUT2D eigenvalue weighted by atomic mass is 9.93. The van der Waals surface area contributed by atoms with Gasteiger partial charge in [-0.3, -0.25) is 0 Å². The van der Waals surface area contributed by atoms with Crippen LogP contribution < -0.4 is 9.47 Å². The number of hydrogen-bond acceptors (Lipinski definition) is 4. The number of hydrogen-bond donors (Lipinski definition) is 0. The van der Waals surface area contributed by atoms with Gasteiger partial charge in [0.15, 0.2) is 21.3 Å². The van der Waals surface area contributed by atoms with E-state index in [2.05, 4.69) is 26.0 Å². The summed E-state index contributed by atoms with van der Waals surface area (Å²) in [6.07, 6.45) is 8.34. The van der Waals surface area contributed by atoms with Gasteiger partial charge in [-0.2, -0.15) is 0 Å². The van der Waals surface area contributed by atoms with Crippen LogP contribution in [0, 0.1) is 0 Å². The van der Waals surface area contributed by atoms with Gasteiger partial charge >= 0.3 is 0 Å². The molecule has 1 atom stereocenters. The molecule has 0 bridgehead atoms. The number of sulfone groups is 1. The zero-order chi connectivity index (χ0) is 23.3. The fourth-order valence-corrected chi connectivity index (χ4v) is 5.65. The molecule has 3 aromatic carbocycles. The van der Waals surface area contributed by atoms with Crippen LogP contribution in [0.25, 0.3) is 16.8 Å². The van der Waals surface area contributed by atoms with Crippen LogP contribution in [0.3, 0.4) is 0 Å². The second-order valence-corrected chi connectivity index (χ2v) is 10.7. The Hall–Kier alpha value is -2.79. The lowest BCUT2D eigenvalue weighted by Crippen LogP contribution is -2.24. The zero-order valence-corrected chi connectivity index (χ0v) is 20.2. The van der Waals surface area contributed by atoms with Gasteiger partial charge < -0.3 is 9.47 Å². The normalized spacial score (nSPS) is 15.4. The fraction of sp³-hybridized carbons (Fsp3) is 0.357. The molecular formula is C28H32O4S. The molecule has 0 saturated carbocycles. The molecule has 4 rings (SSSR count). The molecule has 0 saturated heterocycles. The van der Waals surface area contributed by atoms with Gasteiger partial charge in [0.2, 0.25) is 0 Å². The monoisotopic (exact) mass is 464 g/mol. The molecule has 0 aliphatic heterocycles. The Morgan fingerprint density at radius 1 is 0.848 bits per heavy atom. The van der Waals surface area contributed by atoms with Gasteiger partial charge in [0, 0.05) is 0 Å². The topological polar surface area (TPSA) is 52.6 Å². The standard InChI is InChI=1S/C28H32O4S/c1-3-5-14-31-27-19-23-16-21-12-13-26(33(29,30)25-10-8-7-9-11-25)18-22(21)17-24(23)20-28(27)32-15-6-4-2/h7-13,16-17,19-20,26H,3-6,14-15,18H2,1-2H3. The van der Waals surface area contributed by atoms with E-state index < -0.39 is 15.1 Å². The molecule has 1 unspecified atom stereocenters. The summed E-state index contributed by atoms with van der Waals surface area (Å²) in [4.78, 5) is 0.365. The van der Waals surface area contributed by atoms with Crippen LogP contribution in [0.1, 0.15) is 50.7 Å². The Labute approximate surface area is 197 Å². The average Bonchev–Trinajstić information content (AvgIpc) is 2.83. The molecule has 0 heterocycles. The van der Waals surface area contributed by atoms with Crippen LogP contribution in [0.15, 0.2) is 65.6 Å². The smallest absolute Gasteiger partial charge is 0.185 e. The maximum atomic E-state index is 13.1. The van der Waals surface area contributed by atoms with Crippen molar-refractivity contribution in [2.75, 3.05) is 13.2 Å². The summed E-state index contributed by atoms with van der Waals surface area (Å²) in [5, 5.41) is 1.54. The van der Waals surface area contributed by atoms with E-state index in [1.54, 1.807) is 24.3 Å². The third-order valence-electron chi connectivity index (χ3n) is 6.05. The number of fused-ring (bicyclic) bond motifs is 2. The van der Waals surface area contributed by atoms with Crippen molar-refractivity contribution in [2.24, 2.45) is 0 Å². The van der Waals surface area contributed by atoms with Gasteiger partial charge in [-0.1, -0.05) is 63.1 Å². The lowest BCUT2D eigenvalue weighted by molar-refractivity contribution is 0.262. The van der Waals surface area contributed by atoms with Crippen LogP contribution in [0.4, 0.5) is 0 Å². The Morgan fingerprint density at radius 3 is 2.06 bits per heavy atom. The van der Waals surface area contributed by atoms with E-state index in [0.717, 1.165) is 59.1 Å². The Bertz CT molecular complexity index is 1230. The van der Waals surface area contributed by atoms with Crippen LogP contribution in [0.5, 0.6) is 11.5 Å². The van der Waals surface area contributed by atoms with Crippen molar-refractivity contribution < 1.29 is 17.9 Å². The molecule has 0 amide bonds. The van der Waals surface area contributed by atoms with Gasteiger partial charge in [-0.05, 0) is 71.5 Å². The molecule has 174 valence electrons. The van der Waals surface area contributed by atoms with E-state index in [-0.39, 0.29) is 0 Å². The highest BCUT2D eigenvalue weighted by Crippen LogP contribution is 2.36. The maximum absolute atomic E-state index is 13.1. The molecule has 0 spiro atoms. The first-order valence-corrected chi connectivity index (χ1v) is 13.4. The molecule has 3 aromatic rings. The number of rotatable bonds is 10. The Balaban J connectivity index is 1.66. The van der Waals surface area contributed by atoms with Crippen molar-refractivity contribution in [2.45, 2.75) is 56.1 Å². The fourth-order valence-electron chi connectivity index (χ4n) is 4.08. The maximum Gasteiger partial charge on any atom is 0.185 e. The van der Waals surface area contributed by atoms with Crippen LogP contribution in [0.2, 0.25) is 0 Å². The van der Waals surface area contributed by atoms with E-state index in [1.165, 1.54) is 0 Å². The van der Waals surface area contributed by atoms with E-state index in [1.807, 2.05) is 30.4 Å². The molecule has 1 aliphatic rings. The summed E-state index contributed by atoms with van der Waals surface area (Å²) in [5.41, 5.74) is 2.09. The van der Waals surface area contributed by atoms with E-state index in [4.69, 9.17) is 9.47 Å². The van der Waals surface area contributed by atoms with Crippen molar-refractivity contribution in [3.8, 4) is 11.5 Å². The minimum atomic E-state index is -3.43. The van der Waals surface area contributed by atoms with Gasteiger partial charge in [-0.25, -0.2) is 8.42 Å². The van der Waals surface area contributed by atoms with Crippen molar-refractivity contribution in [3.05, 3.63) is 71.8 Å². The molecular weight excluding hydrogens is 432 g/mol. The minimum Gasteiger partial charge on any atom is -0.490 e. The summed E-state index contributed by atoms with van der Waals surface area (Å²) in [6, 6.07) is 17.0. The van der Waals surface area contributed by atoms with Crippen LogP contribution in [-0.2, 0) is 16.3 Å². The Kier molecular flexibility index (Phi) is 7.39. The SMILES string of the molecule is CCCCOc1cc2cc3c(cc2cc1OCCCC)CC(S(=O)(=O)c1ccccc1)C=C3. The summed E-state index contributed by atoms with van der Waals surface area (Å²) >= 11 is 0. The number of unbranched alkanes of at least 4 members (excludes halogenated alkanes) is 2. The zero-order valence-electron chi connectivity index (χ0n) is 19.4. The van der Waals surface area contributed by atoms with Crippen molar-refractivity contribution in [1.82, 2.24) is 0 Å². The van der Waals surface area contributed by atoms with E-state index in [0.29, 0.717) is 24.5 Å². The van der Waals surface area contributed by atoms with E-state index in [9.17, 15) is 8.42 Å². The highest BCUT2D eigenvalue weighted by Gasteiger charge is 2.28. The summed E-state index contributed by atoms with van der Waals surface area (Å²) in [7, 11) is -3.43. The first-order chi connectivity index (χ1) is 16.0. The number of benzene rings is 3. The minimum absolute atomic E-state index is 0.365. The largest absolute Gasteiger partial charge is 0.490 e. The molecule has 5 heteroatoms. The van der Waals surface area contributed by atoms with Gasteiger partial charge in [0.05, 0.1) is 23.4 Å². The quantitative estimate of drug-likeness (QED) is 0.317. The highest BCUT2D eigenvalue weighted by molar-refractivity contribution is 7.92. The molecule has 0 N–H and O–H groups in total. The van der Waals surface area contributed by atoms with E-state index >= 15 is 0 Å². The van der Waals surface area contributed by atoms with Crippen molar-refractivity contribution in [3.63, 3.8) is 0 Å². The van der Waals surface area contributed by atoms with Crippen molar-refractivity contribution in [1.29, 1.82) is 0 Å². The second kappa shape index (κ2) is 10.4.